The van der Waals surface area contributed by atoms with Gasteiger partial charge in [-0.15, -0.1) is 20.1 Å². The molecule has 0 radical (unpaired) electrons. The Morgan fingerprint density at radius 3 is 3.00 bits per heavy atom. The Morgan fingerprint density at radius 1 is 1.41 bits per heavy atom. The summed E-state index contributed by atoms with van der Waals surface area (Å²) in [5, 5.41) is 2.01. The molecule has 0 aliphatic carbocycles. The van der Waals surface area contributed by atoms with Gasteiger partial charge in [-0.3, -0.25) is 0 Å². The van der Waals surface area contributed by atoms with Gasteiger partial charge in [-0.2, -0.15) is 0 Å². The van der Waals surface area contributed by atoms with Gasteiger partial charge in [0, 0.05) is 5.38 Å². The van der Waals surface area contributed by atoms with E-state index in [4.69, 9.17) is 4.74 Å². The van der Waals surface area contributed by atoms with E-state index >= 15 is 0 Å². The van der Waals surface area contributed by atoms with Gasteiger partial charge < -0.3 is 18.9 Å². The molecule has 0 spiro atoms. The standard InChI is InChI=1S/C13H9F2NO5S/c1-18-12(17)7-6-22-10(16-7)5-19-8-3-2-4-9-11(8)21-13(14,15)20-9/h2-4,6H,5H2,1H3. The van der Waals surface area contributed by atoms with Crippen LogP contribution >= 0.6 is 11.3 Å². The Bertz CT molecular complexity index is 718. The fourth-order valence-corrected chi connectivity index (χ4v) is 2.45. The van der Waals surface area contributed by atoms with Crippen molar-refractivity contribution in [1.29, 1.82) is 0 Å². The monoisotopic (exact) mass is 329 g/mol. The first-order chi connectivity index (χ1) is 10.5. The molecule has 1 aromatic heterocycles. The Hall–Kier alpha value is -2.42. The van der Waals surface area contributed by atoms with Crippen LogP contribution in [-0.2, 0) is 11.3 Å². The molecule has 0 amide bonds. The highest BCUT2D eigenvalue weighted by Crippen LogP contribution is 2.47. The zero-order valence-corrected chi connectivity index (χ0v) is 12.0. The lowest BCUT2D eigenvalue weighted by molar-refractivity contribution is -0.287. The first-order valence-electron chi connectivity index (χ1n) is 6.03. The van der Waals surface area contributed by atoms with Crippen LogP contribution in [0.2, 0.25) is 0 Å². The van der Waals surface area contributed by atoms with Crippen molar-refractivity contribution in [1.82, 2.24) is 4.98 Å². The Labute approximate surface area is 127 Å². The van der Waals surface area contributed by atoms with Crippen molar-refractivity contribution in [3.63, 3.8) is 0 Å². The van der Waals surface area contributed by atoms with E-state index in [1.54, 1.807) is 0 Å². The number of rotatable bonds is 4. The number of alkyl halides is 2. The molecule has 2 aromatic rings. The van der Waals surface area contributed by atoms with Gasteiger partial charge in [-0.1, -0.05) is 6.07 Å². The number of methoxy groups -OCH3 is 1. The number of fused-ring (bicyclic) bond motifs is 1. The number of hydrogen-bond acceptors (Lipinski definition) is 7. The summed E-state index contributed by atoms with van der Waals surface area (Å²) in [7, 11) is 1.25. The van der Waals surface area contributed by atoms with Crippen LogP contribution in [0, 0.1) is 0 Å². The number of halogens is 2. The molecule has 0 fully saturated rings. The van der Waals surface area contributed by atoms with Crippen molar-refractivity contribution in [2.75, 3.05) is 7.11 Å². The summed E-state index contributed by atoms with van der Waals surface area (Å²) in [5.41, 5.74) is 0.163. The number of para-hydroxylation sites is 1. The molecule has 1 aliphatic heterocycles. The second-order valence-corrected chi connectivity index (χ2v) is 5.10. The van der Waals surface area contributed by atoms with Gasteiger partial charge in [-0.25, -0.2) is 9.78 Å². The molecule has 116 valence electrons. The lowest BCUT2D eigenvalue weighted by Gasteiger charge is -2.07. The zero-order valence-electron chi connectivity index (χ0n) is 11.2. The molecular formula is C13H9F2NO5S. The second kappa shape index (κ2) is 5.41. The van der Waals surface area contributed by atoms with Gasteiger partial charge in [0.2, 0.25) is 5.75 Å². The first kappa shape index (κ1) is 14.5. The minimum atomic E-state index is -3.71. The third kappa shape index (κ3) is 2.80. The van der Waals surface area contributed by atoms with Crippen LogP contribution in [0.1, 0.15) is 15.5 Å². The van der Waals surface area contributed by atoms with Crippen molar-refractivity contribution in [2.45, 2.75) is 12.9 Å². The molecule has 9 heteroatoms. The van der Waals surface area contributed by atoms with Crippen LogP contribution in [0.25, 0.3) is 0 Å². The van der Waals surface area contributed by atoms with Gasteiger partial charge in [0.15, 0.2) is 17.2 Å². The smallest absolute Gasteiger partial charge is 0.482 e. The van der Waals surface area contributed by atoms with E-state index in [0.717, 1.165) is 0 Å². The largest absolute Gasteiger partial charge is 0.586 e. The highest BCUT2D eigenvalue weighted by Gasteiger charge is 2.45. The van der Waals surface area contributed by atoms with Gasteiger partial charge in [-0.05, 0) is 12.1 Å². The normalized spacial score (nSPS) is 14.7. The molecule has 0 saturated heterocycles. The maximum absolute atomic E-state index is 13.0. The predicted octanol–water partition coefficient (Wildman–Crippen LogP) is 2.83. The molecule has 3 rings (SSSR count). The van der Waals surface area contributed by atoms with Gasteiger partial charge >= 0.3 is 12.3 Å². The molecule has 0 bridgehead atoms. The van der Waals surface area contributed by atoms with Crippen LogP contribution in [-0.4, -0.2) is 24.4 Å². The summed E-state index contributed by atoms with van der Waals surface area (Å²) in [4.78, 5) is 15.3. The summed E-state index contributed by atoms with van der Waals surface area (Å²) in [6, 6.07) is 4.32. The van der Waals surface area contributed by atoms with Crippen molar-refractivity contribution < 1.29 is 32.5 Å². The maximum Gasteiger partial charge on any atom is 0.586 e. The molecule has 1 aromatic carbocycles. The predicted molar refractivity (Wildman–Crippen MR) is 70.4 cm³/mol. The number of carbonyl (C=O) groups excluding carboxylic acids is 1. The quantitative estimate of drug-likeness (QED) is 0.804. The van der Waals surface area contributed by atoms with Gasteiger partial charge in [0.05, 0.1) is 7.11 Å². The van der Waals surface area contributed by atoms with Crippen molar-refractivity contribution in [2.24, 2.45) is 0 Å². The fourth-order valence-electron chi connectivity index (χ4n) is 1.77. The third-order valence-corrected chi connectivity index (χ3v) is 3.51. The number of ether oxygens (including phenoxy) is 4. The van der Waals surface area contributed by atoms with E-state index < -0.39 is 12.3 Å². The average Bonchev–Trinajstić information content (AvgIpc) is 3.06. The van der Waals surface area contributed by atoms with Crippen molar-refractivity contribution in [3.05, 3.63) is 34.3 Å². The van der Waals surface area contributed by atoms with E-state index in [1.165, 1.54) is 42.0 Å². The third-order valence-electron chi connectivity index (χ3n) is 2.69. The number of hydrogen-bond donors (Lipinski definition) is 0. The molecule has 6 nitrogen and oxygen atoms in total. The van der Waals surface area contributed by atoms with Crippen LogP contribution in [0.4, 0.5) is 8.78 Å². The van der Waals surface area contributed by atoms with Gasteiger partial charge in [0.1, 0.15) is 11.6 Å². The van der Waals surface area contributed by atoms with Crippen molar-refractivity contribution >= 4 is 17.3 Å². The fraction of sp³-hybridized carbons (Fsp3) is 0.231. The van der Waals surface area contributed by atoms with E-state index in [2.05, 4.69) is 19.2 Å². The van der Waals surface area contributed by atoms with Crippen LogP contribution in [0.15, 0.2) is 23.6 Å². The Morgan fingerprint density at radius 2 is 2.23 bits per heavy atom. The average molecular weight is 329 g/mol. The molecule has 0 saturated carbocycles. The number of benzene rings is 1. The number of aromatic nitrogens is 1. The van der Waals surface area contributed by atoms with Crippen molar-refractivity contribution in [3.8, 4) is 17.2 Å². The number of nitrogens with zero attached hydrogens (tertiary/aromatic N) is 1. The van der Waals surface area contributed by atoms with E-state index in [9.17, 15) is 13.6 Å². The molecule has 0 unspecified atom stereocenters. The minimum Gasteiger partial charge on any atom is -0.482 e. The number of esters is 1. The number of carbonyl (C=O) groups is 1. The molecule has 1 aliphatic rings. The molecule has 0 atom stereocenters. The van der Waals surface area contributed by atoms with Crippen LogP contribution in [0.5, 0.6) is 17.2 Å². The summed E-state index contributed by atoms with van der Waals surface area (Å²) < 4.78 is 44.8. The first-order valence-corrected chi connectivity index (χ1v) is 6.91. The van der Waals surface area contributed by atoms with Crippen LogP contribution < -0.4 is 14.2 Å². The van der Waals surface area contributed by atoms with Gasteiger partial charge in [0.25, 0.3) is 0 Å². The summed E-state index contributed by atoms with van der Waals surface area (Å²) in [6.45, 7) is -0.00690. The zero-order chi connectivity index (χ0) is 15.7. The highest BCUT2D eigenvalue weighted by atomic mass is 32.1. The summed E-state index contributed by atoms with van der Waals surface area (Å²) in [5.74, 6) is -0.724. The second-order valence-electron chi connectivity index (χ2n) is 4.16. The van der Waals surface area contributed by atoms with E-state index in [0.29, 0.717) is 5.01 Å². The van der Waals surface area contributed by atoms with E-state index in [-0.39, 0.29) is 29.5 Å². The highest BCUT2D eigenvalue weighted by molar-refractivity contribution is 7.09. The maximum atomic E-state index is 13.0. The summed E-state index contributed by atoms with van der Waals surface area (Å²) >= 11 is 1.19. The molecule has 0 N–H and O–H groups in total. The molecule has 22 heavy (non-hydrogen) atoms. The lowest BCUT2D eigenvalue weighted by atomic mass is 10.3. The lowest BCUT2D eigenvalue weighted by Crippen LogP contribution is -2.26. The summed E-state index contributed by atoms with van der Waals surface area (Å²) in [6.07, 6.45) is -3.71. The molecular weight excluding hydrogens is 320 g/mol. The SMILES string of the molecule is COC(=O)c1csc(COc2cccc3c2OC(F)(F)O3)n1. The Balaban J connectivity index is 1.72. The van der Waals surface area contributed by atoms with Crippen LogP contribution in [0.3, 0.4) is 0 Å². The Kier molecular flexibility index (Phi) is 3.57. The topological polar surface area (TPSA) is 66.9 Å². The molecule has 2 heterocycles. The van der Waals surface area contributed by atoms with E-state index in [1.807, 2.05) is 0 Å². The number of thiazole rings is 1. The minimum absolute atomic E-state index is 0.00690.